The Labute approximate surface area is 391 Å². The number of unbranched alkanes of at least 4 members (excludes halogenated alkanes) is 33. The lowest BCUT2D eigenvalue weighted by Crippen LogP contribution is -2.30. The van der Waals surface area contributed by atoms with Gasteiger partial charge >= 0.3 is 17.9 Å². The van der Waals surface area contributed by atoms with Crippen LogP contribution in [0.4, 0.5) is 0 Å². The van der Waals surface area contributed by atoms with Crippen molar-refractivity contribution in [2.75, 3.05) is 13.2 Å². The van der Waals surface area contributed by atoms with Gasteiger partial charge in [0.1, 0.15) is 13.2 Å². The molecule has 0 N–H and O–H groups in total. The number of carbonyl (C=O) groups excluding carboxylic acids is 3. The molecule has 0 aliphatic heterocycles. The Hall–Kier alpha value is -2.37. The number of hydrogen-bond acceptors (Lipinski definition) is 6. The molecule has 0 aliphatic carbocycles. The van der Waals surface area contributed by atoms with Crippen LogP contribution in [0.5, 0.6) is 0 Å². The molecule has 63 heavy (non-hydrogen) atoms. The van der Waals surface area contributed by atoms with Crippen LogP contribution < -0.4 is 0 Å². The third kappa shape index (κ3) is 50.5. The summed E-state index contributed by atoms with van der Waals surface area (Å²) < 4.78 is 16.8. The second-order valence-electron chi connectivity index (χ2n) is 18.5. The van der Waals surface area contributed by atoms with Crippen LogP contribution in [0.3, 0.4) is 0 Å². The molecule has 6 heteroatoms. The van der Waals surface area contributed by atoms with Crippen molar-refractivity contribution in [1.82, 2.24) is 0 Å². The van der Waals surface area contributed by atoms with E-state index in [-0.39, 0.29) is 37.5 Å². The van der Waals surface area contributed by atoms with Gasteiger partial charge in [0.25, 0.3) is 0 Å². The maximum Gasteiger partial charge on any atom is 0.306 e. The van der Waals surface area contributed by atoms with E-state index in [2.05, 4.69) is 51.2 Å². The summed E-state index contributed by atoms with van der Waals surface area (Å²) in [7, 11) is 0. The maximum atomic E-state index is 12.8. The molecule has 0 aromatic heterocycles. The number of carbonyl (C=O) groups is 3. The predicted octanol–water partition coefficient (Wildman–Crippen LogP) is 18.1. The number of allylic oxidation sites excluding steroid dienone is 6. The first-order chi connectivity index (χ1) is 31.0. The van der Waals surface area contributed by atoms with Crippen molar-refractivity contribution < 1.29 is 28.6 Å². The Morgan fingerprint density at radius 1 is 0.317 bits per heavy atom. The van der Waals surface area contributed by atoms with Crippen LogP contribution in [-0.4, -0.2) is 37.2 Å². The van der Waals surface area contributed by atoms with Crippen LogP contribution >= 0.6 is 0 Å². The standard InChI is InChI=1S/C57H104O6/c1-4-7-10-13-16-19-22-25-27-28-29-30-33-35-38-41-44-47-50-56(59)62-53-54(52-61-55(58)49-46-43-40-37-34-31-24-21-18-15-12-9-6-3)63-57(60)51-48-45-42-39-36-32-26-23-20-17-14-11-8-5-2/h29-31,34,40,43,54H,4-28,32-33,35-39,41-42,44-53H2,1-3H3/b30-29-,34-31-,43-40-. The topological polar surface area (TPSA) is 78.9 Å². The van der Waals surface area contributed by atoms with Crippen molar-refractivity contribution in [2.45, 2.75) is 297 Å². The van der Waals surface area contributed by atoms with Gasteiger partial charge in [0, 0.05) is 19.3 Å². The lowest BCUT2D eigenvalue weighted by Gasteiger charge is -2.18. The number of rotatable bonds is 50. The van der Waals surface area contributed by atoms with Crippen LogP contribution in [0.2, 0.25) is 0 Å². The van der Waals surface area contributed by atoms with E-state index in [4.69, 9.17) is 14.2 Å². The summed E-state index contributed by atoms with van der Waals surface area (Å²) in [6.07, 6.45) is 61.4. The summed E-state index contributed by atoms with van der Waals surface area (Å²) in [6, 6.07) is 0. The van der Waals surface area contributed by atoms with Gasteiger partial charge in [-0.25, -0.2) is 0 Å². The van der Waals surface area contributed by atoms with Crippen molar-refractivity contribution in [3.8, 4) is 0 Å². The normalized spacial score (nSPS) is 12.2. The first-order valence-corrected chi connectivity index (χ1v) is 27.5. The second-order valence-corrected chi connectivity index (χ2v) is 18.5. The van der Waals surface area contributed by atoms with Crippen molar-refractivity contribution in [3.05, 3.63) is 36.5 Å². The molecule has 0 fully saturated rings. The van der Waals surface area contributed by atoms with Crippen LogP contribution in [0, 0.1) is 0 Å². The summed E-state index contributed by atoms with van der Waals surface area (Å²) in [5, 5.41) is 0. The molecule has 0 bridgehead atoms. The van der Waals surface area contributed by atoms with Crippen molar-refractivity contribution in [1.29, 1.82) is 0 Å². The van der Waals surface area contributed by atoms with Gasteiger partial charge in [-0.15, -0.1) is 0 Å². The quantitative estimate of drug-likeness (QED) is 0.0262. The highest BCUT2D eigenvalue weighted by Gasteiger charge is 2.19. The first-order valence-electron chi connectivity index (χ1n) is 27.5. The Morgan fingerprint density at radius 2 is 0.603 bits per heavy atom. The highest BCUT2D eigenvalue weighted by Crippen LogP contribution is 2.16. The smallest absolute Gasteiger partial charge is 0.306 e. The summed E-state index contributed by atoms with van der Waals surface area (Å²) in [5.74, 6) is -0.955. The van der Waals surface area contributed by atoms with Crippen molar-refractivity contribution in [3.63, 3.8) is 0 Å². The van der Waals surface area contributed by atoms with E-state index in [0.717, 1.165) is 57.8 Å². The highest BCUT2D eigenvalue weighted by atomic mass is 16.6. The van der Waals surface area contributed by atoms with Crippen LogP contribution in [-0.2, 0) is 28.6 Å². The third-order valence-corrected chi connectivity index (χ3v) is 12.1. The SMILES string of the molecule is CCCCCCCC/C=C\C/C=C\CCC(=O)OCC(COC(=O)CCCCCCC/C=C\CCCCCCCCCCC)OC(=O)CCCCCCCCCCCCCCCC. The number of esters is 3. The average molecular weight is 885 g/mol. The molecule has 0 spiro atoms. The summed E-state index contributed by atoms with van der Waals surface area (Å²) in [4.78, 5) is 38.0. The van der Waals surface area contributed by atoms with Gasteiger partial charge in [0.05, 0.1) is 0 Å². The van der Waals surface area contributed by atoms with Gasteiger partial charge in [-0.2, -0.15) is 0 Å². The van der Waals surface area contributed by atoms with E-state index in [1.54, 1.807) is 0 Å². The lowest BCUT2D eigenvalue weighted by molar-refractivity contribution is -0.166. The van der Waals surface area contributed by atoms with Gasteiger partial charge < -0.3 is 14.2 Å². The van der Waals surface area contributed by atoms with E-state index in [0.29, 0.717) is 19.3 Å². The summed E-state index contributed by atoms with van der Waals surface area (Å²) in [6.45, 7) is 6.60. The van der Waals surface area contributed by atoms with E-state index in [1.165, 1.54) is 186 Å². The molecule has 0 aromatic rings. The molecule has 1 unspecified atom stereocenters. The van der Waals surface area contributed by atoms with E-state index >= 15 is 0 Å². The molecule has 368 valence electrons. The molecule has 0 amide bonds. The third-order valence-electron chi connectivity index (χ3n) is 12.1. The van der Waals surface area contributed by atoms with Crippen molar-refractivity contribution in [2.24, 2.45) is 0 Å². The molecule has 0 aromatic carbocycles. The lowest BCUT2D eigenvalue weighted by atomic mass is 10.0. The van der Waals surface area contributed by atoms with Gasteiger partial charge in [0.2, 0.25) is 0 Å². The molecular weight excluding hydrogens is 781 g/mol. The average Bonchev–Trinajstić information content (AvgIpc) is 3.28. The minimum Gasteiger partial charge on any atom is -0.462 e. The largest absolute Gasteiger partial charge is 0.462 e. The van der Waals surface area contributed by atoms with Crippen LogP contribution in [0.15, 0.2) is 36.5 Å². The van der Waals surface area contributed by atoms with Crippen LogP contribution in [0.25, 0.3) is 0 Å². The van der Waals surface area contributed by atoms with Gasteiger partial charge in [-0.1, -0.05) is 243 Å². The predicted molar refractivity (Wildman–Crippen MR) is 270 cm³/mol. The zero-order valence-electron chi connectivity index (χ0n) is 42.1. The van der Waals surface area contributed by atoms with Gasteiger partial charge in [0.15, 0.2) is 6.10 Å². The number of ether oxygens (including phenoxy) is 3. The van der Waals surface area contributed by atoms with E-state index in [1.807, 2.05) is 6.08 Å². The molecule has 6 nitrogen and oxygen atoms in total. The first kappa shape index (κ1) is 60.6. The van der Waals surface area contributed by atoms with Gasteiger partial charge in [-0.3, -0.25) is 14.4 Å². The Kier molecular flexibility index (Phi) is 50.3. The maximum absolute atomic E-state index is 12.8. The van der Waals surface area contributed by atoms with E-state index in [9.17, 15) is 14.4 Å². The fourth-order valence-electron chi connectivity index (χ4n) is 7.96. The Morgan fingerprint density at radius 3 is 0.984 bits per heavy atom. The van der Waals surface area contributed by atoms with Gasteiger partial charge in [-0.05, 0) is 64.2 Å². The molecule has 0 radical (unpaired) electrons. The summed E-state index contributed by atoms with van der Waals surface area (Å²) in [5.41, 5.74) is 0. The zero-order valence-corrected chi connectivity index (χ0v) is 42.1. The minimum atomic E-state index is -0.794. The fourth-order valence-corrected chi connectivity index (χ4v) is 7.96. The van der Waals surface area contributed by atoms with Crippen LogP contribution in [0.1, 0.15) is 290 Å². The second kappa shape index (κ2) is 52.3. The Balaban J connectivity index is 4.39. The van der Waals surface area contributed by atoms with Crippen molar-refractivity contribution >= 4 is 17.9 Å². The highest BCUT2D eigenvalue weighted by molar-refractivity contribution is 5.71. The zero-order chi connectivity index (χ0) is 45.8. The van der Waals surface area contributed by atoms with E-state index < -0.39 is 6.10 Å². The molecule has 0 saturated heterocycles. The minimum absolute atomic E-state index is 0.0903. The summed E-state index contributed by atoms with van der Waals surface area (Å²) >= 11 is 0. The molecular formula is C57H104O6. The molecule has 0 rings (SSSR count). The molecule has 1 atom stereocenters. The molecule has 0 heterocycles. The monoisotopic (exact) mass is 885 g/mol. The fraction of sp³-hybridized carbons (Fsp3) is 0.842. The number of hydrogen-bond donors (Lipinski definition) is 0. The Bertz CT molecular complexity index is 1060. The molecule has 0 aliphatic rings. The molecule has 0 saturated carbocycles.